The van der Waals surface area contributed by atoms with Gasteiger partial charge in [0.05, 0.1) is 18.2 Å². The van der Waals surface area contributed by atoms with Crippen molar-refractivity contribution < 1.29 is 19.1 Å². The highest BCUT2D eigenvalue weighted by Crippen LogP contribution is 2.31. The molecule has 1 aromatic carbocycles. The molecule has 0 radical (unpaired) electrons. The second-order valence-electron chi connectivity index (χ2n) is 6.16. The molecule has 130 valence electrons. The number of aryl methyl sites for hydroxylation is 1. The van der Waals surface area contributed by atoms with E-state index in [1.165, 1.54) is 4.90 Å². The van der Waals surface area contributed by atoms with Crippen LogP contribution < -0.4 is 9.64 Å². The number of halogens is 2. The van der Waals surface area contributed by atoms with Gasteiger partial charge in [0.1, 0.15) is 44.2 Å². The van der Waals surface area contributed by atoms with Gasteiger partial charge in [-0.1, -0.05) is 23.2 Å². The molecule has 0 spiro atoms. The first-order valence-electron chi connectivity index (χ1n) is 8.11. The molecule has 23 heavy (non-hydrogen) atoms. The van der Waals surface area contributed by atoms with Gasteiger partial charge in [0.25, 0.3) is 0 Å². The Morgan fingerprint density at radius 1 is 1.13 bits per heavy atom. The fourth-order valence-corrected chi connectivity index (χ4v) is 3.64. The zero-order chi connectivity index (χ0) is 16.8. The molecule has 0 bridgehead atoms. The number of rotatable bonds is 7. The Labute approximate surface area is 148 Å². The van der Waals surface area contributed by atoms with Crippen LogP contribution in [0.5, 0.6) is 5.75 Å². The smallest absolute Gasteiger partial charge is 0.141 e. The summed E-state index contributed by atoms with van der Waals surface area (Å²) in [6.45, 7) is 11.0. The van der Waals surface area contributed by atoms with Crippen LogP contribution in [0.4, 0.5) is 0 Å². The fraction of sp³-hybridized carbons (Fsp3) is 0.647. The monoisotopic (exact) mass is 362 g/mol. The van der Waals surface area contributed by atoms with Gasteiger partial charge >= 0.3 is 0 Å². The lowest BCUT2D eigenvalue weighted by atomic mass is 10.2. The van der Waals surface area contributed by atoms with Gasteiger partial charge in [0.2, 0.25) is 0 Å². The first kappa shape index (κ1) is 18.8. The molecule has 0 aromatic heterocycles. The Hall–Kier alpha value is -0.520. The van der Waals surface area contributed by atoms with Crippen molar-refractivity contribution >= 4 is 23.2 Å². The van der Waals surface area contributed by atoms with Crippen LogP contribution in [-0.4, -0.2) is 51.7 Å². The quantitative estimate of drug-likeness (QED) is 0.755. The van der Waals surface area contributed by atoms with Crippen LogP contribution in [0.25, 0.3) is 0 Å². The third-order valence-electron chi connectivity index (χ3n) is 3.88. The van der Waals surface area contributed by atoms with Gasteiger partial charge in [-0.2, -0.15) is 0 Å². The van der Waals surface area contributed by atoms with Crippen molar-refractivity contribution in [3.8, 4) is 5.75 Å². The molecular formula is C17H26Cl2NO3+. The van der Waals surface area contributed by atoms with E-state index in [1.807, 2.05) is 13.0 Å². The minimum Gasteiger partial charge on any atom is -0.489 e. The van der Waals surface area contributed by atoms with E-state index < -0.39 is 0 Å². The molecule has 0 saturated carbocycles. The van der Waals surface area contributed by atoms with Crippen LogP contribution in [0.15, 0.2) is 12.1 Å². The maximum Gasteiger partial charge on any atom is 0.141 e. The number of ether oxygens (including phenoxy) is 3. The number of nitrogens with one attached hydrogen (secondary N) is 1. The number of quaternary nitrogens is 1. The first-order valence-corrected chi connectivity index (χ1v) is 8.86. The number of hydrogen-bond acceptors (Lipinski definition) is 3. The normalized spacial score (nSPS) is 24.7. The summed E-state index contributed by atoms with van der Waals surface area (Å²) in [5.74, 6) is 0.682. The van der Waals surface area contributed by atoms with E-state index in [2.05, 4.69) is 13.8 Å². The Balaban J connectivity index is 1.63. The van der Waals surface area contributed by atoms with Gasteiger partial charge in [-0.25, -0.2) is 0 Å². The lowest BCUT2D eigenvalue weighted by molar-refractivity contribution is -0.915. The molecule has 0 aliphatic carbocycles. The molecule has 1 N–H and O–H groups in total. The number of morpholine rings is 1. The molecule has 0 unspecified atom stereocenters. The van der Waals surface area contributed by atoms with Crippen LogP contribution in [-0.2, 0) is 9.47 Å². The minimum atomic E-state index is 0.326. The van der Waals surface area contributed by atoms with E-state index in [9.17, 15) is 0 Å². The Bertz CT molecular complexity index is 480. The molecule has 1 aliphatic rings. The molecule has 2 rings (SSSR count). The zero-order valence-electron chi connectivity index (χ0n) is 14.0. The van der Waals surface area contributed by atoms with Crippen LogP contribution in [0.2, 0.25) is 10.0 Å². The van der Waals surface area contributed by atoms with Crippen molar-refractivity contribution in [3.63, 3.8) is 0 Å². The van der Waals surface area contributed by atoms with Gasteiger partial charge in [-0.15, -0.1) is 0 Å². The topological polar surface area (TPSA) is 32.1 Å². The lowest BCUT2D eigenvalue weighted by Gasteiger charge is -2.32. The molecule has 1 aromatic rings. The van der Waals surface area contributed by atoms with Crippen LogP contribution in [0.3, 0.4) is 0 Å². The van der Waals surface area contributed by atoms with E-state index in [1.54, 1.807) is 6.07 Å². The average molecular weight is 363 g/mol. The van der Waals surface area contributed by atoms with Crippen molar-refractivity contribution in [1.29, 1.82) is 0 Å². The maximum absolute atomic E-state index is 6.14. The molecule has 2 atom stereocenters. The second kappa shape index (κ2) is 9.09. The highest BCUT2D eigenvalue weighted by Gasteiger charge is 2.24. The van der Waals surface area contributed by atoms with Gasteiger partial charge < -0.3 is 19.1 Å². The molecule has 4 nitrogen and oxygen atoms in total. The minimum absolute atomic E-state index is 0.326. The van der Waals surface area contributed by atoms with Crippen LogP contribution in [0, 0.1) is 6.92 Å². The Morgan fingerprint density at radius 2 is 1.83 bits per heavy atom. The standard InChI is InChI=1S/C17H25Cl2NO3/c1-12-8-15(18)9-16(19)17(12)22-7-6-21-5-4-20-10-13(2)23-14(3)11-20/h8-9,13-14H,4-7,10-11H2,1-3H3/p+1/t13-,14-/m1/s1. The summed E-state index contributed by atoms with van der Waals surface area (Å²) < 4.78 is 17.1. The summed E-state index contributed by atoms with van der Waals surface area (Å²) in [6.07, 6.45) is 0.652. The van der Waals surface area contributed by atoms with Crippen molar-refractivity contribution in [2.75, 3.05) is 39.5 Å². The van der Waals surface area contributed by atoms with Crippen molar-refractivity contribution in [2.45, 2.75) is 33.0 Å². The molecule has 1 heterocycles. The van der Waals surface area contributed by atoms with E-state index in [-0.39, 0.29) is 0 Å². The van der Waals surface area contributed by atoms with Crippen molar-refractivity contribution in [2.24, 2.45) is 0 Å². The highest BCUT2D eigenvalue weighted by atomic mass is 35.5. The third-order valence-corrected chi connectivity index (χ3v) is 4.38. The number of benzene rings is 1. The first-order chi connectivity index (χ1) is 11.0. The van der Waals surface area contributed by atoms with Crippen molar-refractivity contribution in [1.82, 2.24) is 0 Å². The second-order valence-corrected chi connectivity index (χ2v) is 7.00. The number of hydrogen-bond donors (Lipinski definition) is 1. The molecular weight excluding hydrogens is 337 g/mol. The average Bonchev–Trinajstić information content (AvgIpc) is 2.43. The summed E-state index contributed by atoms with van der Waals surface area (Å²) in [7, 11) is 0. The third kappa shape index (κ3) is 6.12. The van der Waals surface area contributed by atoms with Crippen LogP contribution >= 0.6 is 23.2 Å². The van der Waals surface area contributed by atoms with Crippen molar-refractivity contribution in [3.05, 3.63) is 27.7 Å². The summed E-state index contributed by atoms with van der Waals surface area (Å²) in [4.78, 5) is 1.54. The summed E-state index contributed by atoms with van der Waals surface area (Å²) in [5.41, 5.74) is 0.934. The molecule has 1 saturated heterocycles. The predicted molar refractivity (Wildman–Crippen MR) is 93.1 cm³/mol. The van der Waals surface area contributed by atoms with Gasteiger partial charge in [-0.3, -0.25) is 0 Å². The highest BCUT2D eigenvalue weighted by molar-refractivity contribution is 6.35. The molecule has 1 fully saturated rings. The molecule has 6 heteroatoms. The van der Waals surface area contributed by atoms with E-state index in [0.29, 0.717) is 41.2 Å². The molecule has 1 aliphatic heterocycles. The Kier molecular flexibility index (Phi) is 7.44. The summed E-state index contributed by atoms with van der Waals surface area (Å²) in [5, 5.41) is 1.16. The summed E-state index contributed by atoms with van der Waals surface area (Å²) in [6, 6.07) is 3.53. The SMILES string of the molecule is Cc1cc(Cl)cc(Cl)c1OCCOCC[NH+]1C[C@@H](C)O[C@H](C)C1. The predicted octanol–water partition coefficient (Wildman–Crippen LogP) is 2.39. The van der Waals surface area contributed by atoms with Gasteiger partial charge in [-0.05, 0) is 38.5 Å². The van der Waals surface area contributed by atoms with Gasteiger partial charge in [0, 0.05) is 5.02 Å². The largest absolute Gasteiger partial charge is 0.489 e. The lowest BCUT2D eigenvalue weighted by Crippen LogP contribution is -3.15. The van der Waals surface area contributed by atoms with Gasteiger partial charge in [0.15, 0.2) is 0 Å². The fourth-order valence-electron chi connectivity index (χ4n) is 2.99. The summed E-state index contributed by atoms with van der Waals surface area (Å²) >= 11 is 12.1. The molecule has 0 amide bonds. The zero-order valence-corrected chi connectivity index (χ0v) is 15.5. The van der Waals surface area contributed by atoms with E-state index in [0.717, 1.165) is 31.8 Å². The van der Waals surface area contributed by atoms with E-state index >= 15 is 0 Å². The van der Waals surface area contributed by atoms with E-state index in [4.69, 9.17) is 37.4 Å². The van der Waals surface area contributed by atoms with Crippen LogP contribution in [0.1, 0.15) is 19.4 Å². The maximum atomic E-state index is 6.14. The Morgan fingerprint density at radius 3 is 2.48 bits per heavy atom.